The maximum atomic E-state index is 11.2. The molecule has 1 rings (SSSR count). The summed E-state index contributed by atoms with van der Waals surface area (Å²) in [6.07, 6.45) is 1.08. The second-order valence-corrected chi connectivity index (χ2v) is 4.65. The highest BCUT2D eigenvalue weighted by Gasteiger charge is 2.32. The van der Waals surface area contributed by atoms with E-state index in [9.17, 15) is 9.59 Å². The van der Waals surface area contributed by atoms with Crippen LogP contribution < -0.4 is 5.32 Å². The van der Waals surface area contributed by atoms with Crippen LogP contribution in [-0.4, -0.2) is 55.9 Å². The van der Waals surface area contributed by atoms with Crippen LogP contribution in [0.1, 0.15) is 26.7 Å². The number of likely N-dealkylation sites (N-methyl/N-ethyl adjacent to an activating group) is 1. The standard InChI is InChI=1S/C12H22N2O4/c1-8(15)13-11-6-5-10(18-12(11)17-4)7-14(3)9(2)16/h10-12H,5-7H2,1-4H3,(H,13,15)/t10-,11+,12+/m0/s1. The molecule has 0 saturated carbocycles. The van der Waals surface area contributed by atoms with Crippen LogP contribution in [0.15, 0.2) is 0 Å². The zero-order valence-corrected chi connectivity index (χ0v) is 11.4. The number of amides is 2. The van der Waals surface area contributed by atoms with Crippen molar-refractivity contribution in [3.05, 3.63) is 0 Å². The largest absolute Gasteiger partial charge is 0.354 e. The van der Waals surface area contributed by atoms with E-state index < -0.39 is 6.29 Å². The summed E-state index contributed by atoms with van der Waals surface area (Å²) < 4.78 is 11.0. The number of rotatable bonds is 4. The first kappa shape index (κ1) is 14.9. The summed E-state index contributed by atoms with van der Waals surface area (Å²) in [6, 6.07) is -0.119. The fraction of sp³-hybridized carbons (Fsp3) is 0.833. The minimum absolute atomic E-state index is 0.0107. The summed E-state index contributed by atoms with van der Waals surface area (Å²) in [5.74, 6) is -0.0819. The van der Waals surface area contributed by atoms with Gasteiger partial charge in [0.25, 0.3) is 0 Å². The minimum atomic E-state index is -0.451. The van der Waals surface area contributed by atoms with Gasteiger partial charge in [0.1, 0.15) is 0 Å². The van der Waals surface area contributed by atoms with Gasteiger partial charge in [0.05, 0.1) is 12.1 Å². The van der Waals surface area contributed by atoms with Crippen molar-refractivity contribution in [3.63, 3.8) is 0 Å². The number of nitrogens with one attached hydrogen (secondary N) is 1. The Labute approximate surface area is 108 Å². The smallest absolute Gasteiger partial charge is 0.219 e. The second-order valence-electron chi connectivity index (χ2n) is 4.65. The Morgan fingerprint density at radius 2 is 2.06 bits per heavy atom. The van der Waals surface area contributed by atoms with Gasteiger partial charge in [-0.3, -0.25) is 9.59 Å². The molecule has 0 aromatic rings. The third kappa shape index (κ3) is 4.27. The molecule has 0 aromatic carbocycles. The molecule has 0 bridgehead atoms. The topological polar surface area (TPSA) is 67.9 Å². The molecule has 1 heterocycles. The molecule has 1 aliphatic rings. The number of carbonyl (C=O) groups excluding carboxylic acids is 2. The van der Waals surface area contributed by atoms with E-state index >= 15 is 0 Å². The molecular formula is C12H22N2O4. The summed E-state index contributed by atoms with van der Waals surface area (Å²) in [4.78, 5) is 23.8. The first-order chi connectivity index (χ1) is 8.43. The monoisotopic (exact) mass is 258 g/mol. The first-order valence-electron chi connectivity index (χ1n) is 6.11. The molecule has 18 heavy (non-hydrogen) atoms. The lowest BCUT2D eigenvalue weighted by molar-refractivity contribution is -0.198. The van der Waals surface area contributed by atoms with Crippen LogP contribution in [-0.2, 0) is 19.1 Å². The van der Waals surface area contributed by atoms with Crippen molar-refractivity contribution in [2.45, 2.75) is 45.1 Å². The molecule has 0 radical (unpaired) electrons. The van der Waals surface area contributed by atoms with E-state index in [2.05, 4.69) is 5.32 Å². The van der Waals surface area contributed by atoms with Crippen LogP contribution in [0.25, 0.3) is 0 Å². The molecule has 0 aliphatic carbocycles. The van der Waals surface area contributed by atoms with E-state index in [1.807, 2.05) is 0 Å². The molecule has 6 heteroatoms. The number of carbonyl (C=O) groups is 2. The minimum Gasteiger partial charge on any atom is -0.354 e. The first-order valence-corrected chi connectivity index (χ1v) is 6.11. The molecular weight excluding hydrogens is 236 g/mol. The van der Waals surface area contributed by atoms with Crippen molar-refractivity contribution in [3.8, 4) is 0 Å². The lowest BCUT2D eigenvalue weighted by Crippen LogP contribution is -2.51. The molecule has 6 nitrogen and oxygen atoms in total. The fourth-order valence-corrected chi connectivity index (χ4v) is 2.04. The highest BCUT2D eigenvalue weighted by atomic mass is 16.7. The molecule has 1 fully saturated rings. The normalized spacial score (nSPS) is 27.7. The van der Waals surface area contributed by atoms with Crippen LogP contribution in [0.5, 0.6) is 0 Å². The lowest BCUT2D eigenvalue weighted by atomic mass is 10.0. The van der Waals surface area contributed by atoms with Crippen LogP contribution in [0.4, 0.5) is 0 Å². The molecule has 3 atom stereocenters. The molecule has 0 spiro atoms. The SMILES string of the molecule is CO[C@@H]1O[C@H](CN(C)C(C)=O)CC[C@H]1NC(C)=O. The number of ether oxygens (including phenoxy) is 2. The summed E-state index contributed by atoms with van der Waals surface area (Å²) in [7, 11) is 3.30. The molecule has 2 amide bonds. The van der Waals surface area contributed by atoms with E-state index in [0.29, 0.717) is 6.54 Å². The Balaban J connectivity index is 2.50. The van der Waals surface area contributed by atoms with Crippen molar-refractivity contribution < 1.29 is 19.1 Å². The van der Waals surface area contributed by atoms with Gasteiger partial charge in [-0.2, -0.15) is 0 Å². The average Bonchev–Trinajstić information content (AvgIpc) is 2.30. The molecule has 0 aromatic heterocycles. The molecule has 1 N–H and O–H groups in total. The predicted molar refractivity (Wildman–Crippen MR) is 65.8 cm³/mol. The Morgan fingerprint density at radius 3 is 2.56 bits per heavy atom. The Hall–Kier alpha value is -1.14. The lowest BCUT2D eigenvalue weighted by Gasteiger charge is -2.37. The maximum absolute atomic E-state index is 11.2. The molecule has 1 saturated heterocycles. The summed E-state index contributed by atoms with van der Waals surface area (Å²) in [5.41, 5.74) is 0. The number of methoxy groups -OCH3 is 1. The van der Waals surface area contributed by atoms with Crippen molar-refractivity contribution in [2.75, 3.05) is 20.7 Å². The van der Waals surface area contributed by atoms with Crippen molar-refractivity contribution in [1.29, 1.82) is 0 Å². The van der Waals surface area contributed by atoms with E-state index in [4.69, 9.17) is 9.47 Å². The number of hydrogen-bond acceptors (Lipinski definition) is 4. The van der Waals surface area contributed by atoms with Crippen LogP contribution in [0.3, 0.4) is 0 Å². The van der Waals surface area contributed by atoms with Gasteiger partial charge in [-0.1, -0.05) is 0 Å². The van der Waals surface area contributed by atoms with Crippen LogP contribution in [0, 0.1) is 0 Å². The highest BCUT2D eigenvalue weighted by Crippen LogP contribution is 2.21. The van der Waals surface area contributed by atoms with E-state index in [0.717, 1.165) is 12.8 Å². The number of hydrogen-bond donors (Lipinski definition) is 1. The summed E-state index contributed by atoms with van der Waals surface area (Å²) in [6.45, 7) is 3.54. The Kier molecular flexibility index (Phi) is 5.55. The van der Waals surface area contributed by atoms with Crippen LogP contribution >= 0.6 is 0 Å². The quantitative estimate of drug-likeness (QED) is 0.778. The van der Waals surface area contributed by atoms with Gasteiger partial charge >= 0.3 is 0 Å². The third-order valence-electron chi connectivity index (χ3n) is 3.09. The van der Waals surface area contributed by atoms with Gasteiger partial charge in [-0.25, -0.2) is 0 Å². The summed E-state index contributed by atoms with van der Waals surface area (Å²) >= 11 is 0. The van der Waals surface area contributed by atoms with Gasteiger partial charge in [-0.05, 0) is 12.8 Å². The van der Waals surface area contributed by atoms with Gasteiger partial charge in [0, 0.05) is 34.5 Å². The van der Waals surface area contributed by atoms with Crippen molar-refractivity contribution >= 4 is 11.8 Å². The van der Waals surface area contributed by atoms with Crippen molar-refractivity contribution in [1.82, 2.24) is 10.2 Å². The van der Waals surface area contributed by atoms with Gasteiger partial charge in [0.15, 0.2) is 6.29 Å². The zero-order valence-electron chi connectivity index (χ0n) is 11.4. The van der Waals surface area contributed by atoms with Gasteiger partial charge in [-0.15, -0.1) is 0 Å². The Morgan fingerprint density at radius 1 is 1.39 bits per heavy atom. The van der Waals surface area contributed by atoms with E-state index in [1.165, 1.54) is 13.8 Å². The second kappa shape index (κ2) is 6.70. The van der Waals surface area contributed by atoms with Crippen LogP contribution in [0.2, 0.25) is 0 Å². The molecule has 0 unspecified atom stereocenters. The summed E-state index contributed by atoms with van der Waals surface area (Å²) in [5, 5.41) is 2.81. The molecule has 104 valence electrons. The number of nitrogens with zero attached hydrogens (tertiary/aromatic N) is 1. The fourth-order valence-electron chi connectivity index (χ4n) is 2.04. The highest BCUT2D eigenvalue weighted by molar-refractivity contribution is 5.73. The Bertz CT molecular complexity index is 308. The third-order valence-corrected chi connectivity index (χ3v) is 3.09. The predicted octanol–water partition coefficient (Wildman–Crippen LogP) is 0.121. The maximum Gasteiger partial charge on any atom is 0.219 e. The van der Waals surface area contributed by atoms with Crippen molar-refractivity contribution in [2.24, 2.45) is 0 Å². The van der Waals surface area contributed by atoms with E-state index in [1.54, 1.807) is 19.1 Å². The molecule has 1 aliphatic heterocycles. The van der Waals surface area contributed by atoms with E-state index in [-0.39, 0.29) is 24.0 Å². The van der Waals surface area contributed by atoms with Gasteiger partial charge in [0.2, 0.25) is 11.8 Å². The zero-order chi connectivity index (χ0) is 13.7. The van der Waals surface area contributed by atoms with Gasteiger partial charge < -0.3 is 19.7 Å². The average molecular weight is 258 g/mol.